The average molecular weight is 426 g/mol. The lowest BCUT2D eigenvalue weighted by Gasteiger charge is -2.34. The highest BCUT2D eigenvalue weighted by Gasteiger charge is 2.25. The number of nitrogens with one attached hydrogen (secondary N) is 1. The summed E-state index contributed by atoms with van der Waals surface area (Å²) in [7, 11) is 0. The number of urea groups is 1. The largest absolute Gasteiger partial charge is 0.343 e. The number of benzene rings is 1. The number of carbonyl (C=O) groups is 2. The van der Waals surface area contributed by atoms with E-state index in [0.29, 0.717) is 24.3 Å². The van der Waals surface area contributed by atoms with Gasteiger partial charge in [-0.1, -0.05) is 43.5 Å². The second-order valence-electron chi connectivity index (χ2n) is 9.82. The van der Waals surface area contributed by atoms with Gasteiger partial charge in [0.15, 0.2) is 0 Å². The first-order valence-electron chi connectivity index (χ1n) is 12.6. The summed E-state index contributed by atoms with van der Waals surface area (Å²) < 4.78 is 0. The minimum atomic E-state index is 0.151. The summed E-state index contributed by atoms with van der Waals surface area (Å²) in [6.45, 7) is 3.64. The topological polar surface area (TPSA) is 52.7 Å². The first kappa shape index (κ1) is 22.2. The molecule has 1 aromatic rings. The number of hydrogen-bond acceptors (Lipinski definition) is 2. The van der Waals surface area contributed by atoms with Gasteiger partial charge in [-0.25, -0.2) is 4.79 Å². The average Bonchev–Trinajstić information content (AvgIpc) is 3.35. The van der Waals surface area contributed by atoms with Crippen molar-refractivity contribution in [2.24, 2.45) is 5.92 Å². The smallest absolute Gasteiger partial charge is 0.317 e. The van der Waals surface area contributed by atoms with Crippen LogP contribution in [0.5, 0.6) is 0 Å². The van der Waals surface area contributed by atoms with E-state index in [4.69, 9.17) is 0 Å². The van der Waals surface area contributed by atoms with Gasteiger partial charge in [-0.05, 0) is 68.4 Å². The molecule has 0 atom stereocenters. The summed E-state index contributed by atoms with van der Waals surface area (Å²) in [5.41, 5.74) is 2.63. The Hall–Kier alpha value is -2.04. The summed E-state index contributed by atoms with van der Waals surface area (Å²) in [6.07, 6.45) is 13.1. The molecule has 3 amide bonds. The van der Waals surface area contributed by atoms with Crippen molar-refractivity contribution in [2.45, 2.75) is 83.1 Å². The maximum atomic E-state index is 12.6. The SMILES string of the molecule is O=C(CCc1ccc(CC2CCN(C(=O)NC3CCCCC3)CC2)cc1)N1CCCC1. The van der Waals surface area contributed by atoms with Crippen LogP contribution >= 0.6 is 0 Å². The van der Waals surface area contributed by atoms with Crippen molar-refractivity contribution in [2.75, 3.05) is 26.2 Å². The molecule has 31 heavy (non-hydrogen) atoms. The third kappa shape index (κ3) is 6.47. The highest BCUT2D eigenvalue weighted by Crippen LogP contribution is 2.23. The van der Waals surface area contributed by atoms with Crippen molar-refractivity contribution >= 4 is 11.9 Å². The van der Waals surface area contributed by atoms with Crippen molar-refractivity contribution in [3.63, 3.8) is 0 Å². The normalized spacial score (nSPS) is 20.8. The second-order valence-corrected chi connectivity index (χ2v) is 9.82. The Morgan fingerprint density at radius 2 is 1.42 bits per heavy atom. The molecule has 0 bridgehead atoms. The maximum absolute atomic E-state index is 12.6. The number of amides is 3. The number of carbonyl (C=O) groups excluding carboxylic acids is 2. The van der Waals surface area contributed by atoms with Gasteiger partial charge in [-0.2, -0.15) is 0 Å². The Labute approximate surface area is 187 Å². The van der Waals surface area contributed by atoms with Gasteiger partial charge in [0, 0.05) is 38.6 Å². The van der Waals surface area contributed by atoms with Crippen LogP contribution in [0.4, 0.5) is 4.79 Å². The summed E-state index contributed by atoms with van der Waals surface area (Å²) in [5.74, 6) is 0.960. The lowest BCUT2D eigenvalue weighted by Crippen LogP contribution is -2.48. The van der Waals surface area contributed by atoms with Crippen LogP contribution in [0.25, 0.3) is 0 Å². The fourth-order valence-corrected chi connectivity index (χ4v) is 5.40. The van der Waals surface area contributed by atoms with Crippen LogP contribution in [0.1, 0.15) is 75.3 Å². The highest BCUT2D eigenvalue weighted by molar-refractivity contribution is 5.76. The lowest BCUT2D eigenvalue weighted by atomic mass is 9.90. The van der Waals surface area contributed by atoms with Gasteiger partial charge < -0.3 is 15.1 Å². The van der Waals surface area contributed by atoms with Crippen LogP contribution in [0.3, 0.4) is 0 Å². The predicted octanol–water partition coefficient (Wildman–Crippen LogP) is 4.54. The van der Waals surface area contributed by atoms with Crippen LogP contribution in [-0.2, 0) is 17.6 Å². The number of hydrogen-bond donors (Lipinski definition) is 1. The summed E-state index contributed by atoms with van der Waals surface area (Å²) in [5, 5.41) is 3.26. The van der Waals surface area contributed by atoms with Gasteiger partial charge >= 0.3 is 6.03 Å². The van der Waals surface area contributed by atoms with E-state index in [1.807, 2.05) is 9.80 Å². The zero-order valence-corrected chi connectivity index (χ0v) is 19.0. The zero-order chi connectivity index (χ0) is 21.5. The minimum absolute atomic E-state index is 0.151. The van der Waals surface area contributed by atoms with E-state index >= 15 is 0 Å². The molecule has 3 aliphatic rings. The Kier molecular flexibility index (Phi) is 7.87. The number of piperidine rings is 1. The molecule has 5 nitrogen and oxygen atoms in total. The fourth-order valence-electron chi connectivity index (χ4n) is 5.40. The molecular formula is C26H39N3O2. The lowest BCUT2D eigenvalue weighted by molar-refractivity contribution is -0.130. The molecule has 4 rings (SSSR count). The number of likely N-dealkylation sites (tertiary alicyclic amines) is 2. The maximum Gasteiger partial charge on any atom is 0.317 e. The molecular weight excluding hydrogens is 386 g/mol. The Morgan fingerprint density at radius 1 is 0.774 bits per heavy atom. The van der Waals surface area contributed by atoms with Crippen molar-refractivity contribution in [1.82, 2.24) is 15.1 Å². The van der Waals surface area contributed by atoms with E-state index in [2.05, 4.69) is 29.6 Å². The molecule has 1 aliphatic carbocycles. The molecule has 3 fully saturated rings. The molecule has 0 unspecified atom stereocenters. The molecule has 1 N–H and O–H groups in total. The van der Waals surface area contributed by atoms with Crippen LogP contribution in [0.15, 0.2) is 24.3 Å². The van der Waals surface area contributed by atoms with Crippen LogP contribution in [0, 0.1) is 5.92 Å². The molecule has 0 spiro atoms. The van der Waals surface area contributed by atoms with E-state index in [-0.39, 0.29) is 6.03 Å². The van der Waals surface area contributed by atoms with Crippen LogP contribution in [-0.4, -0.2) is 54.0 Å². The Balaban J connectivity index is 1.16. The van der Waals surface area contributed by atoms with Gasteiger partial charge in [0.05, 0.1) is 0 Å². The van der Waals surface area contributed by atoms with Gasteiger partial charge in [0.25, 0.3) is 0 Å². The number of nitrogens with zero attached hydrogens (tertiary/aromatic N) is 2. The molecule has 1 saturated carbocycles. The molecule has 2 aliphatic heterocycles. The first-order valence-corrected chi connectivity index (χ1v) is 12.6. The second kappa shape index (κ2) is 11.0. The summed E-state index contributed by atoms with van der Waals surface area (Å²) in [6, 6.07) is 9.40. The molecule has 0 radical (unpaired) electrons. The Morgan fingerprint density at radius 3 is 2.10 bits per heavy atom. The summed E-state index contributed by atoms with van der Waals surface area (Å²) in [4.78, 5) is 28.8. The van der Waals surface area contributed by atoms with E-state index < -0.39 is 0 Å². The molecule has 5 heteroatoms. The minimum Gasteiger partial charge on any atom is -0.343 e. The third-order valence-corrected chi connectivity index (χ3v) is 7.47. The van der Waals surface area contributed by atoms with Gasteiger partial charge in [-0.15, -0.1) is 0 Å². The van der Waals surface area contributed by atoms with Gasteiger partial charge in [-0.3, -0.25) is 4.79 Å². The fraction of sp³-hybridized carbons (Fsp3) is 0.692. The van der Waals surface area contributed by atoms with Crippen LogP contribution < -0.4 is 5.32 Å². The van der Waals surface area contributed by atoms with Crippen molar-refractivity contribution < 1.29 is 9.59 Å². The number of rotatable bonds is 6. The van der Waals surface area contributed by atoms with Gasteiger partial charge in [0.2, 0.25) is 5.91 Å². The van der Waals surface area contributed by atoms with Crippen molar-refractivity contribution in [3.8, 4) is 0 Å². The standard InChI is InChI=1S/C26H39N3O2/c30-25(28-16-4-5-17-28)13-12-21-8-10-22(11-9-21)20-23-14-18-29(19-15-23)26(31)27-24-6-2-1-3-7-24/h8-11,23-24H,1-7,12-20H2,(H,27,31). The van der Waals surface area contributed by atoms with Crippen LogP contribution in [0.2, 0.25) is 0 Å². The summed E-state index contributed by atoms with van der Waals surface area (Å²) >= 11 is 0. The van der Waals surface area contributed by atoms with E-state index in [9.17, 15) is 9.59 Å². The Bertz CT molecular complexity index is 713. The van der Waals surface area contributed by atoms with E-state index in [1.54, 1.807) is 0 Å². The monoisotopic (exact) mass is 425 g/mol. The third-order valence-electron chi connectivity index (χ3n) is 7.47. The molecule has 2 heterocycles. The van der Waals surface area contributed by atoms with E-state index in [1.165, 1.54) is 30.4 Å². The van der Waals surface area contributed by atoms with Crippen molar-refractivity contribution in [3.05, 3.63) is 35.4 Å². The van der Waals surface area contributed by atoms with Crippen molar-refractivity contribution in [1.29, 1.82) is 0 Å². The molecule has 1 aromatic carbocycles. The predicted molar refractivity (Wildman–Crippen MR) is 124 cm³/mol. The highest BCUT2D eigenvalue weighted by atomic mass is 16.2. The molecule has 170 valence electrons. The first-order chi connectivity index (χ1) is 15.2. The molecule has 2 saturated heterocycles. The van der Waals surface area contributed by atoms with Gasteiger partial charge in [0.1, 0.15) is 0 Å². The zero-order valence-electron chi connectivity index (χ0n) is 19.0. The molecule has 0 aromatic heterocycles. The quantitative estimate of drug-likeness (QED) is 0.728. The van der Waals surface area contributed by atoms with E-state index in [0.717, 1.165) is 77.5 Å². The number of aryl methyl sites for hydroxylation is 1.